The number of hydrogen-bond acceptors (Lipinski definition) is 6. The van der Waals surface area contributed by atoms with Crippen LogP contribution in [-0.2, 0) is 13.2 Å². The summed E-state index contributed by atoms with van der Waals surface area (Å²) in [7, 11) is 5.67. The molecule has 0 radical (unpaired) electrons. The zero-order valence-corrected chi connectivity index (χ0v) is 14.8. The summed E-state index contributed by atoms with van der Waals surface area (Å²) in [4.78, 5) is 9.50. The van der Waals surface area contributed by atoms with E-state index in [2.05, 4.69) is 25.5 Å². The van der Waals surface area contributed by atoms with E-state index in [1.807, 2.05) is 32.2 Å². The van der Waals surface area contributed by atoms with Gasteiger partial charge in [0.15, 0.2) is 0 Å². The van der Waals surface area contributed by atoms with Crippen LogP contribution in [0.15, 0.2) is 18.5 Å². The van der Waals surface area contributed by atoms with E-state index in [-0.39, 0.29) is 11.8 Å². The standard InChI is InChI=1S/C15H19F3N8/c1-9-5-12(26-14(21-9)22-13(23-26)15(16,17)18)19-7-11(24(2)3)10-6-20-25(4)8-10/h5-6,8,11,19H,7H2,1-4H3. The van der Waals surface area contributed by atoms with E-state index in [9.17, 15) is 13.2 Å². The third kappa shape index (κ3) is 3.62. The molecule has 0 aromatic carbocycles. The van der Waals surface area contributed by atoms with Crippen LogP contribution < -0.4 is 5.32 Å². The highest BCUT2D eigenvalue weighted by molar-refractivity contribution is 5.45. The highest BCUT2D eigenvalue weighted by Crippen LogP contribution is 2.27. The number of alkyl halides is 3. The molecule has 8 nitrogen and oxygen atoms in total. The molecule has 0 saturated carbocycles. The summed E-state index contributed by atoms with van der Waals surface area (Å²) < 4.78 is 41.5. The van der Waals surface area contributed by atoms with Crippen molar-refractivity contribution in [3.8, 4) is 0 Å². The molecule has 3 aromatic rings. The maximum Gasteiger partial charge on any atom is 0.453 e. The van der Waals surface area contributed by atoms with Gasteiger partial charge in [-0.15, -0.1) is 5.10 Å². The minimum Gasteiger partial charge on any atom is -0.368 e. The number of halogens is 3. The van der Waals surface area contributed by atoms with Crippen LogP contribution in [0.25, 0.3) is 5.78 Å². The third-order valence-electron chi connectivity index (χ3n) is 3.90. The van der Waals surface area contributed by atoms with E-state index in [1.165, 1.54) is 0 Å². The molecule has 26 heavy (non-hydrogen) atoms. The van der Waals surface area contributed by atoms with Gasteiger partial charge in [0.25, 0.3) is 11.6 Å². The van der Waals surface area contributed by atoms with Gasteiger partial charge in [-0.25, -0.2) is 4.98 Å². The van der Waals surface area contributed by atoms with Crippen LogP contribution in [0.1, 0.15) is 23.1 Å². The first-order chi connectivity index (χ1) is 12.1. The molecule has 0 bridgehead atoms. The molecule has 3 aromatic heterocycles. The lowest BCUT2D eigenvalue weighted by atomic mass is 10.1. The second-order valence-corrected chi connectivity index (χ2v) is 6.24. The number of aryl methyl sites for hydroxylation is 2. The van der Waals surface area contributed by atoms with Gasteiger partial charge in [0.05, 0.1) is 12.2 Å². The number of nitrogens with zero attached hydrogens (tertiary/aromatic N) is 7. The van der Waals surface area contributed by atoms with E-state index in [0.717, 1.165) is 10.1 Å². The van der Waals surface area contributed by atoms with E-state index < -0.39 is 12.0 Å². The van der Waals surface area contributed by atoms with Crippen molar-refractivity contribution in [3.05, 3.63) is 35.5 Å². The van der Waals surface area contributed by atoms with Crippen molar-refractivity contribution in [2.24, 2.45) is 7.05 Å². The van der Waals surface area contributed by atoms with Crippen molar-refractivity contribution in [1.82, 2.24) is 34.3 Å². The van der Waals surface area contributed by atoms with Gasteiger partial charge in [-0.1, -0.05) is 0 Å². The average molecular weight is 368 g/mol. The Balaban J connectivity index is 1.91. The van der Waals surface area contributed by atoms with Gasteiger partial charge in [-0.3, -0.25) is 4.68 Å². The Kier molecular flexibility index (Phi) is 4.57. The van der Waals surface area contributed by atoms with Crippen LogP contribution in [-0.4, -0.2) is 54.9 Å². The Bertz CT molecular complexity index is 911. The first-order valence-electron chi connectivity index (χ1n) is 7.85. The van der Waals surface area contributed by atoms with Gasteiger partial charge in [0.1, 0.15) is 5.82 Å². The average Bonchev–Trinajstić information content (AvgIpc) is 3.13. The maximum atomic E-state index is 12.9. The number of likely N-dealkylation sites (N-methyl/N-ethyl adjacent to an activating group) is 1. The van der Waals surface area contributed by atoms with Gasteiger partial charge in [0.2, 0.25) is 0 Å². The van der Waals surface area contributed by atoms with Crippen molar-refractivity contribution in [2.75, 3.05) is 26.0 Å². The summed E-state index contributed by atoms with van der Waals surface area (Å²) >= 11 is 0. The van der Waals surface area contributed by atoms with Crippen molar-refractivity contribution in [2.45, 2.75) is 19.1 Å². The van der Waals surface area contributed by atoms with Crippen molar-refractivity contribution < 1.29 is 13.2 Å². The third-order valence-corrected chi connectivity index (χ3v) is 3.90. The first kappa shape index (κ1) is 18.1. The lowest BCUT2D eigenvalue weighted by Gasteiger charge is -2.24. The Morgan fingerprint density at radius 3 is 2.58 bits per heavy atom. The summed E-state index contributed by atoms with van der Waals surface area (Å²) in [6, 6.07) is 1.61. The lowest BCUT2D eigenvalue weighted by molar-refractivity contribution is -0.144. The number of aromatic nitrogens is 6. The monoisotopic (exact) mass is 368 g/mol. The maximum absolute atomic E-state index is 12.9. The summed E-state index contributed by atoms with van der Waals surface area (Å²) in [5.74, 6) is -0.913. The molecule has 0 aliphatic heterocycles. The fraction of sp³-hybridized carbons (Fsp3) is 0.467. The van der Waals surface area contributed by atoms with E-state index in [1.54, 1.807) is 23.9 Å². The molecule has 0 aliphatic carbocycles. The van der Waals surface area contributed by atoms with Gasteiger partial charge in [0, 0.05) is 37.1 Å². The highest BCUT2D eigenvalue weighted by Gasteiger charge is 2.36. The molecular weight excluding hydrogens is 349 g/mol. The van der Waals surface area contributed by atoms with E-state index >= 15 is 0 Å². The molecule has 0 spiro atoms. The topological polar surface area (TPSA) is 76.2 Å². The lowest BCUT2D eigenvalue weighted by Crippen LogP contribution is -2.27. The second kappa shape index (κ2) is 6.56. The predicted molar refractivity (Wildman–Crippen MR) is 88.6 cm³/mol. The summed E-state index contributed by atoms with van der Waals surface area (Å²) in [5.41, 5.74) is 1.53. The molecule has 1 N–H and O–H groups in total. The van der Waals surface area contributed by atoms with Crippen LogP contribution in [0.4, 0.5) is 19.0 Å². The Morgan fingerprint density at radius 2 is 2.00 bits per heavy atom. The fourth-order valence-electron chi connectivity index (χ4n) is 2.64. The molecule has 140 valence electrons. The summed E-state index contributed by atoms with van der Waals surface area (Å²) in [6.07, 6.45) is -0.964. The molecule has 0 saturated heterocycles. The SMILES string of the molecule is Cc1cc(NCC(c2cnn(C)c2)N(C)C)n2nc(C(F)(F)F)nc2n1. The summed E-state index contributed by atoms with van der Waals surface area (Å²) in [6.45, 7) is 2.14. The van der Waals surface area contributed by atoms with Crippen LogP contribution in [0, 0.1) is 6.92 Å². The minimum atomic E-state index is -4.62. The number of nitrogens with one attached hydrogen (secondary N) is 1. The van der Waals surface area contributed by atoms with Crippen molar-refractivity contribution >= 4 is 11.6 Å². The largest absolute Gasteiger partial charge is 0.453 e. The first-order valence-corrected chi connectivity index (χ1v) is 7.85. The number of hydrogen-bond donors (Lipinski definition) is 1. The van der Waals surface area contributed by atoms with E-state index in [4.69, 9.17) is 0 Å². The Morgan fingerprint density at radius 1 is 1.27 bits per heavy atom. The van der Waals surface area contributed by atoms with E-state index in [0.29, 0.717) is 18.1 Å². The van der Waals surface area contributed by atoms with Crippen LogP contribution >= 0.6 is 0 Å². The Labute approximate surface area is 147 Å². The zero-order chi connectivity index (χ0) is 19.1. The molecular formula is C15H19F3N8. The van der Waals surface area contributed by atoms with Crippen molar-refractivity contribution in [3.63, 3.8) is 0 Å². The van der Waals surface area contributed by atoms with Crippen LogP contribution in [0.5, 0.6) is 0 Å². The van der Waals surface area contributed by atoms with Crippen molar-refractivity contribution in [1.29, 1.82) is 0 Å². The number of rotatable bonds is 5. The molecule has 3 rings (SSSR count). The highest BCUT2D eigenvalue weighted by atomic mass is 19.4. The number of anilines is 1. The smallest absolute Gasteiger partial charge is 0.368 e. The minimum absolute atomic E-state index is 0.0298. The van der Waals surface area contributed by atoms with Crippen LogP contribution in [0.3, 0.4) is 0 Å². The molecule has 0 amide bonds. The molecule has 3 heterocycles. The molecule has 11 heteroatoms. The molecule has 0 fully saturated rings. The predicted octanol–water partition coefficient (Wildman–Crippen LogP) is 1.90. The number of fused-ring (bicyclic) bond motifs is 1. The van der Waals surface area contributed by atoms with Gasteiger partial charge in [-0.2, -0.15) is 27.8 Å². The molecule has 1 atom stereocenters. The molecule has 0 aliphatic rings. The van der Waals surface area contributed by atoms with Gasteiger partial charge in [-0.05, 0) is 21.0 Å². The molecule has 1 unspecified atom stereocenters. The quantitative estimate of drug-likeness (QED) is 0.741. The van der Waals surface area contributed by atoms with Gasteiger partial charge < -0.3 is 10.2 Å². The second-order valence-electron chi connectivity index (χ2n) is 6.24. The normalized spacial score (nSPS) is 13.5. The zero-order valence-electron chi connectivity index (χ0n) is 14.8. The van der Waals surface area contributed by atoms with Crippen LogP contribution in [0.2, 0.25) is 0 Å². The Hall–Kier alpha value is -2.69. The van der Waals surface area contributed by atoms with Gasteiger partial charge >= 0.3 is 6.18 Å². The fourth-order valence-corrected chi connectivity index (χ4v) is 2.64. The summed E-state index contributed by atoms with van der Waals surface area (Å²) in [5, 5.41) is 10.9.